The number of hydrogen-bond acceptors (Lipinski definition) is 7. The number of rotatable bonds is 15. The number of carbonyl (C=O) groups excluding carboxylic acids is 4. The fourth-order valence-electron chi connectivity index (χ4n) is 6.88. The van der Waals surface area contributed by atoms with Gasteiger partial charge in [-0.25, -0.2) is 4.68 Å². The fraction of sp³-hybridized carbons (Fsp3) is 0.375. The molecule has 2 radical (unpaired) electrons. The molecule has 2 aliphatic heterocycles. The molecule has 2 aliphatic rings. The zero-order valence-electron chi connectivity index (χ0n) is 30.1. The first kappa shape index (κ1) is 36.7. The van der Waals surface area contributed by atoms with Crippen molar-refractivity contribution in [2.24, 2.45) is 0 Å². The van der Waals surface area contributed by atoms with Gasteiger partial charge in [-0.3, -0.25) is 24.1 Å². The molecule has 6 rings (SSSR count). The number of nitrogens with zero attached hydrogens (tertiary/aromatic N) is 5. The lowest BCUT2D eigenvalue weighted by atomic mass is 9.93. The molecule has 1 atom stereocenters. The van der Waals surface area contributed by atoms with Gasteiger partial charge in [0.05, 0.1) is 35.0 Å². The zero-order chi connectivity index (χ0) is 36.8. The van der Waals surface area contributed by atoms with E-state index in [0.29, 0.717) is 65.9 Å². The van der Waals surface area contributed by atoms with E-state index >= 15 is 0 Å². The van der Waals surface area contributed by atoms with Gasteiger partial charge >= 0.3 is 0 Å². The van der Waals surface area contributed by atoms with Crippen LogP contribution in [0.25, 0.3) is 5.69 Å². The van der Waals surface area contributed by atoms with Crippen LogP contribution >= 0.6 is 0 Å². The second-order valence-corrected chi connectivity index (χ2v) is 14.5. The van der Waals surface area contributed by atoms with Gasteiger partial charge in [0.2, 0.25) is 0 Å². The molecule has 0 saturated heterocycles. The third kappa shape index (κ3) is 7.58. The second kappa shape index (κ2) is 16.5. The molecule has 3 heterocycles. The number of imide groups is 1. The SMILES string of the molecule is CCCCN(CCCC)C(=O)c1cc(C)n(-c2ccc(N[Si]CCN3C(=O)c4ccccc4C3=O)cc2C(=O)N2Cc3ccccc3C[C@H]2CO)n1. The number of carbonyl (C=O) groups is 4. The lowest BCUT2D eigenvalue weighted by Gasteiger charge is -2.36. The van der Waals surface area contributed by atoms with E-state index in [1.165, 1.54) is 4.90 Å². The highest BCUT2D eigenvalue weighted by Gasteiger charge is 2.35. The minimum atomic E-state index is -0.407. The molecule has 3 aromatic carbocycles. The first-order valence-corrected chi connectivity index (χ1v) is 19.4. The van der Waals surface area contributed by atoms with Gasteiger partial charge in [0.15, 0.2) is 15.4 Å². The van der Waals surface area contributed by atoms with Crippen LogP contribution in [0.2, 0.25) is 6.04 Å². The van der Waals surface area contributed by atoms with Gasteiger partial charge in [-0.2, -0.15) is 5.10 Å². The van der Waals surface area contributed by atoms with Crippen molar-refractivity contribution in [3.05, 3.63) is 112 Å². The van der Waals surface area contributed by atoms with Crippen LogP contribution in [0.4, 0.5) is 5.69 Å². The molecule has 0 bridgehead atoms. The summed E-state index contributed by atoms with van der Waals surface area (Å²) in [5, 5.41) is 15.2. The van der Waals surface area contributed by atoms with Gasteiger partial charge < -0.3 is 19.9 Å². The van der Waals surface area contributed by atoms with E-state index < -0.39 is 6.04 Å². The normalized spacial score (nSPS) is 15.1. The lowest BCUT2D eigenvalue weighted by molar-refractivity contribution is 0.0543. The molecule has 12 heteroatoms. The van der Waals surface area contributed by atoms with Crippen molar-refractivity contribution in [1.29, 1.82) is 0 Å². The van der Waals surface area contributed by atoms with Crippen molar-refractivity contribution in [3.63, 3.8) is 0 Å². The quantitative estimate of drug-likeness (QED) is 0.0941. The second-order valence-electron chi connectivity index (χ2n) is 13.4. The minimum absolute atomic E-state index is 0.123. The molecule has 11 nitrogen and oxygen atoms in total. The molecule has 0 spiro atoms. The third-order valence-corrected chi connectivity index (χ3v) is 10.7. The Kier molecular flexibility index (Phi) is 11.7. The van der Waals surface area contributed by atoms with Crippen LogP contribution in [0.1, 0.15) is 97.9 Å². The molecule has 0 saturated carbocycles. The number of aliphatic hydroxyl groups is 1. The standard InChI is InChI=1S/C40H46N6O5Si/c1-4-6-18-43(19-7-5-2)40(51)35-22-27(3)46(41-35)36-17-16-30(42-52-21-20-44-37(48)32-14-10-11-15-33(32)38(44)49)24-34(36)39(50)45-25-29-13-9-8-12-28(29)23-31(45)26-47/h8-17,22,24,31,42,47H,4-7,18-21,23,25-26H2,1-3H3/t31-/m0/s1. The Morgan fingerprint density at radius 1 is 0.923 bits per heavy atom. The van der Waals surface area contributed by atoms with Crippen molar-refractivity contribution in [2.75, 3.05) is 31.2 Å². The Morgan fingerprint density at radius 3 is 2.23 bits per heavy atom. The Labute approximate surface area is 307 Å². The largest absolute Gasteiger partial charge is 0.411 e. The van der Waals surface area contributed by atoms with E-state index in [-0.39, 0.29) is 46.5 Å². The number of benzene rings is 3. The monoisotopic (exact) mass is 718 g/mol. The molecule has 0 fully saturated rings. The van der Waals surface area contributed by atoms with Crippen LogP contribution in [0, 0.1) is 6.92 Å². The van der Waals surface area contributed by atoms with E-state index in [0.717, 1.165) is 42.5 Å². The summed E-state index contributed by atoms with van der Waals surface area (Å²) in [4.78, 5) is 62.3. The molecule has 0 unspecified atom stereocenters. The predicted octanol–water partition coefficient (Wildman–Crippen LogP) is 5.53. The highest BCUT2D eigenvalue weighted by atomic mass is 28.2. The van der Waals surface area contributed by atoms with Gasteiger partial charge in [0, 0.05) is 37.6 Å². The maximum atomic E-state index is 14.6. The summed E-state index contributed by atoms with van der Waals surface area (Å²) in [5.41, 5.74) is 5.66. The number of fused-ring (bicyclic) bond motifs is 2. The van der Waals surface area contributed by atoms with Gasteiger partial charge in [-0.05, 0) is 79.8 Å². The Hall–Kier alpha value is -5.07. The van der Waals surface area contributed by atoms with Crippen LogP contribution in [-0.2, 0) is 13.0 Å². The Morgan fingerprint density at radius 2 is 1.58 bits per heavy atom. The van der Waals surface area contributed by atoms with Crippen molar-refractivity contribution >= 4 is 39.0 Å². The van der Waals surface area contributed by atoms with E-state index in [1.807, 2.05) is 48.2 Å². The van der Waals surface area contributed by atoms with Gasteiger partial charge in [0.25, 0.3) is 23.6 Å². The summed E-state index contributed by atoms with van der Waals surface area (Å²) < 4.78 is 1.67. The molecule has 52 heavy (non-hydrogen) atoms. The van der Waals surface area contributed by atoms with Gasteiger partial charge in [-0.15, -0.1) is 0 Å². The van der Waals surface area contributed by atoms with Crippen LogP contribution in [0.5, 0.6) is 0 Å². The molecule has 2 N–H and O–H groups in total. The van der Waals surface area contributed by atoms with E-state index in [1.54, 1.807) is 46.0 Å². The van der Waals surface area contributed by atoms with Crippen molar-refractivity contribution < 1.29 is 24.3 Å². The lowest BCUT2D eigenvalue weighted by Crippen LogP contribution is -2.46. The number of aliphatic hydroxyl groups excluding tert-OH is 1. The highest BCUT2D eigenvalue weighted by Crippen LogP contribution is 2.29. The van der Waals surface area contributed by atoms with Crippen molar-refractivity contribution in [1.82, 2.24) is 24.5 Å². The van der Waals surface area contributed by atoms with E-state index in [2.05, 4.69) is 18.8 Å². The summed E-state index contributed by atoms with van der Waals surface area (Å²) in [5.74, 6) is -0.940. The number of aromatic nitrogens is 2. The fourth-order valence-corrected chi connectivity index (χ4v) is 7.70. The summed E-state index contributed by atoms with van der Waals surface area (Å²) in [6, 6.07) is 22.2. The zero-order valence-corrected chi connectivity index (χ0v) is 31.1. The molecule has 270 valence electrons. The summed E-state index contributed by atoms with van der Waals surface area (Å²) in [6.07, 6.45) is 4.32. The van der Waals surface area contributed by atoms with Crippen LogP contribution in [0.15, 0.2) is 72.8 Å². The summed E-state index contributed by atoms with van der Waals surface area (Å²) in [7, 11) is 0.154. The topological polar surface area (TPSA) is 128 Å². The maximum Gasteiger partial charge on any atom is 0.274 e. The van der Waals surface area contributed by atoms with Crippen LogP contribution in [0.3, 0.4) is 0 Å². The molecule has 4 aromatic rings. The summed E-state index contributed by atoms with van der Waals surface area (Å²) in [6.45, 7) is 7.86. The van der Waals surface area contributed by atoms with Gasteiger partial charge in [-0.1, -0.05) is 63.1 Å². The van der Waals surface area contributed by atoms with Crippen molar-refractivity contribution in [3.8, 4) is 5.69 Å². The number of aryl methyl sites for hydroxylation is 1. The number of anilines is 1. The van der Waals surface area contributed by atoms with Crippen molar-refractivity contribution in [2.45, 2.75) is 71.5 Å². The number of amides is 4. The van der Waals surface area contributed by atoms with E-state index in [9.17, 15) is 24.3 Å². The van der Waals surface area contributed by atoms with E-state index in [4.69, 9.17) is 5.10 Å². The predicted molar refractivity (Wildman–Crippen MR) is 201 cm³/mol. The first-order valence-electron chi connectivity index (χ1n) is 18.2. The Balaban J connectivity index is 1.27. The van der Waals surface area contributed by atoms with Gasteiger partial charge in [0.1, 0.15) is 0 Å². The third-order valence-electron chi connectivity index (χ3n) is 9.81. The average Bonchev–Trinajstić information content (AvgIpc) is 3.67. The minimum Gasteiger partial charge on any atom is -0.411 e. The van der Waals surface area contributed by atoms with Crippen LogP contribution in [-0.4, -0.2) is 95.2 Å². The molecule has 1 aromatic heterocycles. The molecule has 4 amide bonds. The number of nitrogens with one attached hydrogen (secondary N) is 1. The average molecular weight is 719 g/mol. The Bertz CT molecular complexity index is 1920. The number of unbranched alkanes of at least 4 members (excludes halogenated alkanes) is 2. The first-order chi connectivity index (χ1) is 25.2. The number of hydrogen-bond donors (Lipinski definition) is 2. The maximum absolute atomic E-state index is 14.6. The summed E-state index contributed by atoms with van der Waals surface area (Å²) >= 11 is 0. The smallest absolute Gasteiger partial charge is 0.274 e. The molecular formula is C40H46N6O5Si. The molecular weight excluding hydrogens is 673 g/mol. The molecule has 0 aliphatic carbocycles. The highest BCUT2D eigenvalue weighted by molar-refractivity contribution is 6.40. The van der Waals surface area contributed by atoms with Crippen LogP contribution < -0.4 is 4.98 Å².